The fourth-order valence-corrected chi connectivity index (χ4v) is 10.4. The quantitative estimate of drug-likeness (QED) is 0.159. The van der Waals surface area contributed by atoms with Crippen LogP contribution in [0.5, 0.6) is 0 Å². The van der Waals surface area contributed by atoms with Gasteiger partial charge in [0.15, 0.2) is 0 Å². The molecule has 322 valence electrons. The zero-order chi connectivity index (χ0) is 45.4. The molecule has 0 radical (unpaired) electrons. The second-order valence-corrected chi connectivity index (χ2v) is 17.4. The number of aromatic nitrogens is 8. The third kappa shape index (κ3) is 6.27. The average Bonchev–Trinajstić information content (AvgIpc) is 4.06. The van der Waals surface area contributed by atoms with Crippen LogP contribution in [0.4, 0.5) is 0 Å². The van der Waals surface area contributed by atoms with Gasteiger partial charge in [-0.15, -0.1) is 0 Å². The van der Waals surface area contributed by atoms with Crippen molar-refractivity contribution in [2.24, 2.45) is 0 Å². The van der Waals surface area contributed by atoms with Crippen LogP contribution in [0, 0.1) is 0 Å². The molecule has 8 heteroatoms. The lowest BCUT2D eigenvalue weighted by Crippen LogP contribution is -2.03. The lowest BCUT2D eigenvalue weighted by molar-refractivity contribution is 0.939. The van der Waals surface area contributed by atoms with Crippen LogP contribution in [0.1, 0.15) is 0 Å². The third-order valence-corrected chi connectivity index (χ3v) is 13.5. The van der Waals surface area contributed by atoms with E-state index in [4.69, 9.17) is 9.97 Å². The largest absolute Gasteiger partial charge is 0.309 e. The van der Waals surface area contributed by atoms with Gasteiger partial charge in [0.05, 0.1) is 44.5 Å². The molecule has 14 aromatic rings. The first-order chi connectivity index (χ1) is 34.2. The van der Waals surface area contributed by atoms with E-state index in [1.165, 1.54) is 21.8 Å². The Labute approximate surface area is 395 Å². The van der Waals surface area contributed by atoms with Crippen molar-refractivity contribution >= 4 is 65.4 Å². The second-order valence-electron chi connectivity index (χ2n) is 17.4. The van der Waals surface area contributed by atoms with E-state index >= 15 is 0 Å². The first-order valence-corrected chi connectivity index (χ1v) is 23.1. The van der Waals surface area contributed by atoms with Gasteiger partial charge in [-0.3, -0.25) is 9.13 Å². The molecule has 9 aromatic carbocycles. The minimum atomic E-state index is 0.573. The fourth-order valence-electron chi connectivity index (χ4n) is 10.4. The summed E-state index contributed by atoms with van der Waals surface area (Å²) in [6.07, 6.45) is 3.11. The Morgan fingerprint density at radius 1 is 0.261 bits per heavy atom. The predicted octanol–water partition coefficient (Wildman–Crippen LogP) is 14.6. The van der Waals surface area contributed by atoms with E-state index in [1.54, 1.807) is 12.7 Å². The summed E-state index contributed by atoms with van der Waals surface area (Å²) in [5.74, 6) is 1.20. The molecule has 0 fully saturated rings. The lowest BCUT2D eigenvalue weighted by atomic mass is 9.98. The molecule has 5 aromatic heterocycles. The van der Waals surface area contributed by atoms with Crippen LogP contribution < -0.4 is 0 Å². The number of hydrogen-bond acceptors (Lipinski definition) is 5. The summed E-state index contributed by atoms with van der Waals surface area (Å²) in [5.41, 5.74) is 15.9. The highest BCUT2D eigenvalue weighted by molar-refractivity contribution is 6.14. The minimum Gasteiger partial charge on any atom is -0.309 e. The molecule has 0 aliphatic rings. The van der Waals surface area contributed by atoms with E-state index in [-0.39, 0.29) is 0 Å². The van der Waals surface area contributed by atoms with Crippen molar-refractivity contribution in [1.29, 1.82) is 0 Å². The molecule has 0 saturated heterocycles. The van der Waals surface area contributed by atoms with Crippen molar-refractivity contribution in [2.75, 3.05) is 0 Å². The molecule has 5 heterocycles. The smallest absolute Gasteiger partial charge is 0.237 e. The van der Waals surface area contributed by atoms with Gasteiger partial charge in [-0.25, -0.2) is 24.9 Å². The van der Waals surface area contributed by atoms with E-state index in [0.29, 0.717) is 11.9 Å². The van der Waals surface area contributed by atoms with Crippen LogP contribution in [0.3, 0.4) is 0 Å². The first-order valence-electron chi connectivity index (χ1n) is 23.1. The first kappa shape index (κ1) is 38.7. The number of benzene rings is 9. The Hall–Kier alpha value is -9.53. The van der Waals surface area contributed by atoms with Crippen molar-refractivity contribution in [3.63, 3.8) is 0 Å². The number of rotatable bonds is 7. The van der Waals surface area contributed by atoms with E-state index in [0.717, 1.165) is 94.1 Å². The molecule has 0 amide bonds. The van der Waals surface area contributed by atoms with Gasteiger partial charge in [0.1, 0.15) is 12.7 Å². The van der Waals surface area contributed by atoms with Crippen LogP contribution in [0.2, 0.25) is 0 Å². The van der Waals surface area contributed by atoms with Gasteiger partial charge in [-0.2, -0.15) is 0 Å². The van der Waals surface area contributed by atoms with Gasteiger partial charge in [0, 0.05) is 49.1 Å². The van der Waals surface area contributed by atoms with Gasteiger partial charge >= 0.3 is 0 Å². The molecule has 0 spiro atoms. The number of hydrogen-bond donors (Lipinski definition) is 0. The normalized spacial score (nSPS) is 11.8. The fraction of sp³-hybridized carbons (Fsp3) is 0. The van der Waals surface area contributed by atoms with Crippen molar-refractivity contribution < 1.29 is 0 Å². The van der Waals surface area contributed by atoms with Gasteiger partial charge < -0.3 is 4.57 Å². The Balaban J connectivity index is 0.934. The van der Waals surface area contributed by atoms with Crippen molar-refractivity contribution in [2.45, 2.75) is 0 Å². The molecule has 14 rings (SSSR count). The molecule has 0 atom stereocenters. The number of nitrogens with zero attached hydrogens (tertiary/aromatic N) is 8. The van der Waals surface area contributed by atoms with Crippen LogP contribution in [-0.4, -0.2) is 38.6 Å². The standard InChI is InChI=1S/C61H38N8/c1-4-14-39(15-5-1)52-36-53(40-16-6-2-7-17-40)66-61(65-52)69-55-23-13-11-21-47(55)49-33-42(25-29-57(49)69)44-27-31-59-51(35-44)50-34-43(26-30-58(50)68(59)60-63-37-62-38-64-60)41-24-28-56-48(32-41)46-20-10-12-22-54(46)67(56)45-18-8-3-9-19-45/h1-38H. The third-order valence-electron chi connectivity index (χ3n) is 13.5. The van der Waals surface area contributed by atoms with Gasteiger partial charge in [-0.05, 0) is 101 Å². The van der Waals surface area contributed by atoms with Crippen LogP contribution >= 0.6 is 0 Å². The van der Waals surface area contributed by atoms with Crippen molar-refractivity contribution in [1.82, 2.24) is 38.6 Å². The topological polar surface area (TPSA) is 79.2 Å². The minimum absolute atomic E-state index is 0.573. The zero-order valence-electron chi connectivity index (χ0n) is 37.0. The number of para-hydroxylation sites is 3. The second kappa shape index (κ2) is 15.5. The molecule has 8 nitrogen and oxygen atoms in total. The van der Waals surface area contributed by atoms with Crippen LogP contribution in [-0.2, 0) is 0 Å². The molecular weight excluding hydrogens is 845 g/mol. The maximum absolute atomic E-state index is 5.25. The summed E-state index contributed by atoms with van der Waals surface area (Å²) in [4.78, 5) is 23.9. The molecule has 0 N–H and O–H groups in total. The Bertz CT molecular complexity index is 4230. The average molecular weight is 883 g/mol. The molecule has 0 bridgehead atoms. The molecule has 0 aliphatic heterocycles. The summed E-state index contributed by atoms with van der Waals surface area (Å²) >= 11 is 0. The molecule has 0 aliphatic carbocycles. The maximum atomic E-state index is 5.25. The Kier molecular flexibility index (Phi) is 8.72. The highest BCUT2D eigenvalue weighted by atomic mass is 15.2. The predicted molar refractivity (Wildman–Crippen MR) is 280 cm³/mol. The summed E-state index contributed by atoms with van der Waals surface area (Å²) < 4.78 is 6.70. The zero-order valence-corrected chi connectivity index (χ0v) is 37.0. The maximum Gasteiger partial charge on any atom is 0.237 e. The Morgan fingerprint density at radius 3 is 1.10 bits per heavy atom. The van der Waals surface area contributed by atoms with Crippen LogP contribution in [0.25, 0.3) is 128 Å². The summed E-state index contributed by atoms with van der Waals surface area (Å²) in [6.45, 7) is 0. The van der Waals surface area contributed by atoms with E-state index in [9.17, 15) is 0 Å². The Morgan fingerprint density at radius 2 is 0.623 bits per heavy atom. The van der Waals surface area contributed by atoms with Crippen LogP contribution in [0.15, 0.2) is 231 Å². The molecule has 69 heavy (non-hydrogen) atoms. The highest BCUT2D eigenvalue weighted by Gasteiger charge is 2.20. The summed E-state index contributed by atoms with van der Waals surface area (Å²) in [6, 6.07) is 77.6. The van der Waals surface area contributed by atoms with Gasteiger partial charge in [0.25, 0.3) is 0 Å². The highest BCUT2D eigenvalue weighted by Crippen LogP contribution is 2.41. The molecular formula is C61H38N8. The SMILES string of the molecule is c1ccc(-c2cc(-c3ccccc3)nc(-n3c4ccccc4c4cc(-c5ccc6c(c5)c5cc(-c7ccc8c(c7)c7ccccc7n8-c7ccccc7)ccc5n6-c5ncncn5)ccc43)n2)cc1. The summed E-state index contributed by atoms with van der Waals surface area (Å²) in [5, 5.41) is 6.90. The van der Waals surface area contributed by atoms with Gasteiger partial charge in [-0.1, -0.05) is 140 Å². The van der Waals surface area contributed by atoms with E-state index in [2.05, 4.69) is 235 Å². The van der Waals surface area contributed by atoms with Crippen molar-refractivity contribution in [3.8, 4) is 62.4 Å². The van der Waals surface area contributed by atoms with E-state index < -0.39 is 0 Å². The van der Waals surface area contributed by atoms with Crippen molar-refractivity contribution in [3.05, 3.63) is 231 Å². The van der Waals surface area contributed by atoms with E-state index in [1.807, 2.05) is 12.1 Å². The molecule has 0 unspecified atom stereocenters. The molecule has 0 saturated carbocycles. The monoisotopic (exact) mass is 882 g/mol. The summed E-state index contributed by atoms with van der Waals surface area (Å²) in [7, 11) is 0. The lowest BCUT2D eigenvalue weighted by Gasteiger charge is -2.12. The van der Waals surface area contributed by atoms with Gasteiger partial charge in [0.2, 0.25) is 11.9 Å². The number of fused-ring (bicyclic) bond motifs is 9.